The number of ether oxygens (including phenoxy) is 1. The van der Waals surface area contributed by atoms with Crippen LogP contribution < -0.4 is 4.74 Å². The number of carbonyl (C=O) groups excluding carboxylic acids is 1. The Kier molecular flexibility index (Phi) is 6.19. The van der Waals surface area contributed by atoms with Crippen LogP contribution in [0.2, 0.25) is 0 Å². The third-order valence-electron chi connectivity index (χ3n) is 5.39. The molecule has 0 unspecified atom stereocenters. The summed E-state index contributed by atoms with van der Waals surface area (Å²) in [5, 5.41) is 12.0. The van der Waals surface area contributed by atoms with E-state index < -0.39 is 9.84 Å². The second-order valence-corrected chi connectivity index (χ2v) is 9.53. The monoisotopic (exact) mass is 456 g/mol. The Morgan fingerprint density at radius 1 is 1.03 bits per heavy atom. The highest BCUT2D eigenvalue weighted by Gasteiger charge is 2.26. The number of rotatable bonds is 6. The van der Waals surface area contributed by atoms with E-state index in [1.165, 1.54) is 6.07 Å². The van der Waals surface area contributed by atoms with Crippen molar-refractivity contribution >= 4 is 15.7 Å². The van der Waals surface area contributed by atoms with E-state index in [0.717, 1.165) is 17.7 Å². The van der Waals surface area contributed by atoms with Gasteiger partial charge in [0.15, 0.2) is 15.7 Å². The van der Waals surface area contributed by atoms with Crippen LogP contribution in [0.5, 0.6) is 5.75 Å². The highest BCUT2D eigenvalue weighted by atomic mass is 32.2. The van der Waals surface area contributed by atoms with Crippen molar-refractivity contribution in [2.75, 3.05) is 39.5 Å². The Morgan fingerprint density at radius 2 is 1.72 bits per heavy atom. The number of sulfone groups is 1. The molecule has 0 aliphatic carbocycles. The minimum Gasteiger partial charge on any atom is -0.497 e. The lowest BCUT2D eigenvalue weighted by molar-refractivity contribution is 0.0620. The molecule has 10 nitrogen and oxygen atoms in total. The molecule has 1 amide bonds. The fourth-order valence-electron chi connectivity index (χ4n) is 3.67. The van der Waals surface area contributed by atoms with Gasteiger partial charge in [-0.05, 0) is 46.8 Å². The van der Waals surface area contributed by atoms with Gasteiger partial charge in [0.25, 0.3) is 5.91 Å². The van der Waals surface area contributed by atoms with E-state index in [2.05, 4.69) is 20.4 Å². The van der Waals surface area contributed by atoms with Crippen LogP contribution in [0.3, 0.4) is 0 Å². The van der Waals surface area contributed by atoms with Crippen molar-refractivity contribution in [2.45, 2.75) is 11.4 Å². The summed E-state index contributed by atoms with van der Waals surface area (Å²) in [4.78, 5) is 16.9. The zero-order valence-corrected chi connectivity index (χ0v) is 18.7. The molecule has 1 fully saturated rings. The molecule has 1 saturated heterocycles. The molecule has 0 radical (unpaired) electrons. The number of carbonyl (C=O) groups is 1. The van der Waals surface area contributed by atoms with E-state index in [9.17, 15) is 13.2 Å². The fourth-order valence-corrected chi connectivity index (χ4v) is 4.55. The van der Waals surface area contributed by atoms with E-state index in [-0.39, 0.29) is 16.4 Å². The van der Waals surface area contributed by atoms with Gasteiger partial charge >= 0.3 is 0 Å². The Hall–Kier alpha value is -3.31. The van der Waals surface area contributed by atoms with Crippen LogP contribution in [0.4, 0.5) is 0 Å². The molecule has 0 bridgehead atoms. The van der Waals surface area contributed by atoms with Crippen LogP contribution in [-0.4, -0.2) is 83.9 Å². The van der Waals surface area contributed by atoms with Gasteiger partial charge in [-0.15, -0.1) is 5.10 Å². The lowest BCUT2D eigenvalue weighted by Gasteiger charge is -2.34. The number of aromatic nitrogens is 4. The van der Waals surface area contributed by atoms with Crippen molar-refractivity contribution in [1.82, 2.24) is 30.0 Å². The number of piperazine rings is 1. The third kappa shape index (κ3) is 4.63. The van der Waals surface area contributed by atoms with Crippen molar-refractivity contribution in [3.05, 3.63) is 59.9 Å². The predicted octanol–water partition coefficient (Wildman–Crippen LogP) is 1.03. The quantitative estimate of drug-likeness (QED) is 0.541. The highest BCUT2D eigenvalue weighted by Crippen LogP contribution is 2.19. The predicted molar refractivity (Wildman–Crippen MR) is 116 cm³/mol. The molecule has 2 heterocycles. The summed E-state index contributed by atoms with van der Waals surface area (Å²) in [6.45, 7) is 2.76. The fraction of sp³-hybridized carbons (Fsp3) is 0.333. The summed E-state index contributed by atoms with van der Waals surface area (Å²) in [6.07, 6.45) is 1.12. The van der Waals surface area contributed by atoms with Crippen LogP contribution in [0, 0.1) is 0 Å². The zero-order chi connectivity index (χ0) is 22.7. The van der Waals surface area contributed by atoms with Crippen molar-refractivity contribution in [3.8, 4) is 11.4 Å². The number of amides is 1. The summed E-state index contributed by atoms with van der Waals surface area (Å²) in [5.74, 6) is 1.17. The first-order chi connectivity index (χ1) is 15.4. The first-order valence-electron chi connectivity index (χ1n) is 10.1. The van der Waals surface area contributed by atoms with E-state index in [1.54, 1.807) is 34.9 Å². The summed E-state index contributed by atoms with van der Waals surface area (Å²) in [6, 6.07) is 13.8. The molecule has 0 N–H and O–H groups in total. The summed E-state index contributed by atoms with van der Waals surface area (Å²) >= 11 is 0. The second-order valence-electron chi connectivity index (χ2n) is 7.54. The molecule has 2 aromatic carbocycles. The topological polar surface area (TPSA) is 111 Å². The second kappa shape index (κ2) is 9.05. The number of methoxy groups -OCH3 is 1. The molecule has 11 heteroatoms. The van der Waals surface area contributed by atoms with Gasteiger partial charge in [0, 0.05) is 32.4 Å². The molecular formula is C21H24N6O4S. The lowest BCUT2D eigenvalue weighted by Crippen LogP contribution is -2.48. The van der Waals surface area contributed by atoms with Gasteiger partial charge in [0.05, 0.1) is 29.8 Å². The summed E-state index contributed by atoms with van der Waals surface area (Å²) in [5.41, 5.74) is 1.05. The molecule has 168 valence electrons. The van der Waals surface area contributed by atoms with E-state index in [1.807, 2.05) is 24.3 Å². The summed E-state index contributed by atoms with van der Waals surface area (Å²) < 4.78 is 31.0. The average molecular weight is 457 g/mol. The molecule has 4 rings (SSSR count). The maximum atomic E-state index is 13.0. The molecule has 1 aromatic heterocycles. The van der Waals surface area contributed by atoms with Crippen molar-refractivity contribution < 1.29 is 17.9 Å². The van der Waals surface area contributed by atoms with Crippen LogP contribution >= 0.6 is 0 Å². The molecule has 3 aromatic rings. The van der Waals surface area contributed by atoms with Gasteiger partial charge in [0.2, 0.25) is 0 Å². The van der Waals surface area contributed by atoms with Crippen molar-refractivity contribution in [3.63, 3.8) is 0 Å². The largest absolute Gasteiger partial charge is 0.497 e. The van der Waals surface area contributed by atoms with Crippen LogP contribution in [-0.2, 0) is 16.4 Å². The normalized spacial score (nSPS) is 15.0. The SMILES string of the molecule is COc1ccc(-n2nnnc2CN2CCN(C(=O)c3ccccc3S(C)(=O)=O)CC2)cc1. The molecule has 32 heavy (non-hydrogen) atoms. The molecule has 0 atom stereocenters. The number of tetrazole rings is 1. The van der Waals surface area contributed by atoms with Crippen LogP contribution in [0.1, 0.15) is 16.2 Å². The van der Waals surface area contributed by atoms with Crippen molar-refractivity contribution in [2.24, 2.45) is 0 Å². The van der Waals surface area contributed by atoms with Gasteiger partial charge in [-0.2, -0.15) is 4.68 Å². The maximum absolute atomic E-state index is 13.0. The number of benzene rings is 2. The third-order valence-corrected chi connectivity index (χ3v) is 6.55. The van der Waals surface area contributed by atoms with E-state index in [0.29, 0.717) is 38.5 Å². The van der Waals surface area contributed by atoms with Gasteiger partial charge in [0.1, 0.15) is 5.75 Å². The lowest BCUT2D eigenvalue weighted by atomic mass is 10.2. The maximum Gasteiger partial charge on any atom is 0.255 e. The minimum atomic E-state index is -3.49. The Bertz CT molecular complexity index is 1200. The average Bonchev–Trinajstić information content (AvgIpc) is 3.26. The van der Waals surface area contributed by atoms with Gasteiger partial charge in [-0.1, -0.05) is 12.1 Å². The smallest absolute Gasteiger partial charge is 0.255 e. The van der Waals surface area contributed by atoms with Crippen LogP contribution in [0.25, 0.3) is 5.69 Å². The number of nitrogens with zero attached hydrogens (tertiary/aromatic N) is 6. The van der Waals surface area contributed by atoms with Gasteiger partial charge < -0.3 is 9.64 Å². The Morgan fingerprint density at radius 3 is 2.38 bits per heavy atom. The molecule has 0 spiro atoms. The highest BCUT2D eigenvalue weighted by molar-refractivity contribution is 7.90. The van der Waals surface area contributed by atoms with Crippen molar-refractivity contribution in [1.29, 1.82) is 0 Å². The Labute approximate surface area is 186 Å². The Balaban J connectivity index is 1.41. The minimum absolute atomic E-state index is 0.0612. The molecule has 0 saturated carbocycles. The molecular weight excluding hydrogens is 432 g/mol. The number of hydrogen-bond acceptors (Lipinski definition) is 8. The zero-order valence-electron chi connectivity index (χ0n) is 17.9. The first-order valence-corrected chi connectivity index (χ1v) is 12.0. The standard InChI is InChI=1S/C21H24N6O4S/c1-31-17-9-7-16(8-10-17)27-20(22-23-24-27)15-25-11-13-26(14-12-25)21(28)18-5-3-4-6-19(18)32(2,29)30/h3-10H,11-15H2,1-2H3. The molecule has 1 aliphatic heterocycles. The first kappa shape index (κ1) is 21.9. The summed E-state index contributed by atoms with van der Waals surface area (Å²) in [7, 11) is -1.88. The van der Waals surface area contributed by atoms with Gasteiger partial charge in [-0.3, -0.25) is 9.69 Å². The van der Waals surface area contributed by atoms with E-state index >= 15 is 0 Å². The van der Waals surface area contributed by atoms with Crippen LogP contribution in [0.15, 0.2) is 53.4 Å². The van der Waals surface area contributed by atoms with E-state index in [4.69, 9.17) is 4.74 Å². The molecule has 1 aliphatic rings. The van der Waals surface area contributed by atoms with Gasteiger partial charge in [-0.25, -0.2) is 8.42 Å². The number of hydrogen-bond donors (Lipinski definition) is 0.